The predicted molar refractivity (Wildman–Crippen MR) is 110 cm³/mol. The van der Waals surface area contributed by atoms with Crippen LogP contribution in [0.25, 0.3) is 0 Å². The van der Waals surface area contributed by atoms with Gasteiger partial charge in [-0.3, -0.25) is 4.98 Å². The third-order valence-corrected chi connectivity index (χ3v) is 5.67. The van der Waals surface area contributed by atoms with E-state index in [0.717, 1.165) is 48.0 Å². The molecular formula is C21H36N4O2. The largest absolute Gasteiger partial charge is 0.496 e. The number of guanidine groups is 1. The van der Waals surface area contributed by atoms with Crippen LogP contribution in [0, 0.1) is 19.3 Å². The number of aryl methyl sites for hydroxylation is 1. The maximum atomic E-state index is 9.51. The minimum absolute atomic E-state index is 0.185. The zero-order valence-electron chi connectivity index (χ0n) is 17.4. The van der Waals surface area contributed by atoms with Gasteiger partial charge in [-0.1, -0.05) is 19.3 Å². The van der Waals surface area contributed by atoms with Crippen LogP contribution in [0.2, 0.25) is 0 Å². The molecule has 0 unspecified atom stereocenters. The highest BCUT2D eigenvalue weighted by molar-refractivity contribution is 5.79. The number of hydrogen-bond acceptors (Lipinski definition) is 4. The molecule has 2 rings (SSSR count). The first-order valence-electron chi connectivity index (χ1n) is 10.2. The maximum Gasteiger partial charge on any atom is 0.191 e. The summed E-state index contributed by atoms with van der Waals surface area (Å²) < 4.78 is 5.49. The lowest BCUT2D eigenvalue weighted by atomic mass is 9.72. The SMILES string of the molecule is CCNC(=NCc1ncc(C)c(OC)c1C)NCC1(CCO)CCCCC1. The Morgan fingerprint density at radius 3 is 2.63 bits per heavy atom. The zero-order valence-corrected chi connectivity index (χ0v) is 17.4. The third-order valence-electron chi connectivity index (χ3n) is 5.67. The third kappa shape index (κ3) is 5.83. The normalized spacial score (nSPS) is 16.9. The van der Waals surface area contributed by atoms with Crippen molar-refractivity contribution in [3.05, 3.63) is 23.0 Å². The van der Waals surface area contributed by atoms with Crippen LogP contribution in [0.4, 0.5) is 0 Å². The molecule has 152 valence electrons. The number of aliphatic hydroxyl groups is 1. The number of pyridine rings is 1. The molecule has 1 aliphatic carbocycles. The van der Waals surface area contributed by atoms with E-state index in [1.807, 2.05) is 20.0 Å². The van der Waals surface area contributed by atoms with Crippen LogP contribution in [0.15, 0.2) is 11.2 Å². The fraction of sp³-hybridized carbons (Fsp3) is 0.714. The van der Waals surface area contributed by atoms with E-state index in [2.05, 4.69) is 22.5 Å². The van der Waals surface area contributed by atoms with E-state index < -0.39 is 0 Å². The Hall–Kier alpha value is -1.82. The van der Waals surface area contributed by atoms with Crippen molar-refractivity contribution in [2.45, 2.75) is 65.8 Å². The number of nitrogens with one attached hydrogen (secondary N) is 2. The summed E-state index contributed by atoms with van der Waals surface area (Å²) in [5, 5.41) is 16.4. The number of hydrogen-bond donors (Lipinski definition) is 3. The molecule has 1 aromatic heterocycles. The monoisotopic (exact) mass is 376 g/mol. The van der Waals surface area contributed by atoms with Gasteiger partial charge in [-0.2, -0.15) is 0 Å². The van der Waals surface area contributed by atoms with Crippen molar-refractivity contribution in [1.82, 2.24) is 15.6 Å². The molecule has 0 atom stereocenters. The summed E-state index contributed by atoms with van der Waals surface area (Å²) in [5.74, 6) is 1.69. The Kier molecular flexibility index (Phi) is 8.35. The fourth-order valence-corrected chi connectivity index (χ4v) is 4.05. The van der Waals surface area contributed by atoms with Gasteiger partial charge in [0.25, 0.3) is 0 Å². The van der Waals surface area contributed by atoms with Crippen molar-refractivity contribution < 1.29 is 9.84 Å². The highest BCUT2D eigenvalue weighted by Gasteiger charge is 2.31. The van der Waals surface area contributed by atoms with Crippen molar-refractivity contribution in [1.29, 1.82) is 0 Å². The minimum atomic E-state index is 0.185. The van der Waals surface area contributed by atoms with Gasteiger partial charge in [0.2, 0.25) is 0 Å². The molecule has 1 aliphatic rings. The summed E-state index contributed by atoms with van der Waals surface area (Å²) >= 11 is 0. The summed E-state index contributed by atoms with van der Waals surface area (Å²) in [6, 6.07) is 0. The number of aliphatic imine (C=N–C) groups is 1. The molecular weight excluding hydrogens is 340 g/mol. The Labute approximate surface area is 163 Å². The first-order chi connectivity index (χ1) is 13.0. The lowest BCUT2D eigenvalue weighted by Gasteiger charge is -2.37. The number of aromatic nitrogens is 1. The van der Waals surface area contributed by atoms with Crippen LogP contribution in [-0.2, 0) is 6.54 Å². The van der Waals surface area contributed by atoms with E-state index in [0.29, 0.717) is 6.54 Å². The zero-order chi connectivity index (χ0) is 19.7. The Bertz CT molecular complexity index is 619. The molecule has 1 aromatic rings. The second-order valence-corrected chi connectivity index (χ2v) is 7.63. The van der Waals surface area contributed by atoms with Crippen molar-refractivity contribution >= 4 is 5.96 Å². The highest BCUT2D eigenvalue weighted by atomic mass is 16.5. The molecule has 1 heterocycles. The van der Waals surface area contributed by atoms with Gasteiger partial charge in [-0.05, 0) is 45.4 Å². The standard InChI is InChI=1S/C21H36N4O2/c1-5-22-20(25-15-21(11-12-26)9-7-6-8-10-21)24-14-18-17(3)19(27-4)16(2)13-23-18/h13,26H,5-12,14-15H2,1-4H3,(H2,22,24,25). The van der Waals surface area contributed by atoms with E-state index in [4.69, 9.17) is 9.73 Å². The van der Waals surface area contributed by atoms with Gasteiger partial charge in [0.15, 0.2) is 5.96 Å². The molecule has 0 aromatic carbocycles. The van der Waals surface area contributed by atoms with Crippen LogP contribution < -0.4 is 15.4 Å². The van der Waals surface area contributed by atoms with Gasteiger partial charge in [-0.15, -0.1) is 0 Å². The van der Waals surface area contributed by atoms with Crippen LogP contribution in [-0.4, -0.2) is 42.9 Å². The Balaban J connectivity index is 2.08. The average molecular weight is 377 g/mol. The number of rotatable bonds is 8. The number of aliphatic hydroxyl groups excluding tert-OH is 1. The van der Waals surface area contributed by atoms with Crippen molar-refractivity contribution in [2.24, 2.45) is 10.4 Å². The molecule has 27 heavy (non-hydrogen) atoms. The lowest BCUT2D eigenvalue weighted by molar-refractivity contribution is 0.131. The summed E-state index contributed by atoms with van der Waals surface area (Å²) in [5.41, 5.74) is 3.19. The summed E-state index contributed by atoms with van der Waals surface area (Å²) in [6.07, 6.45) is 8.86. The summed E-state index contributed by atoms with van der Waals surface area (Å²) in [7, 11) is 1.69. The van der Waals surface area contributed by atoms with E-state index in [9.17, 15) is 5.11 Å². The fourth-order valence-electron chi connectivity index (χ4n) is 4.05. The molecule has 0 bridgehead atoms. The smallest absolute Gasteiger partial charge is 0.191 e. The average Bonchev–Trinajstić information content (AvgIpc) is 2.67. The molecule has 6 heteroatoms. The van der Waals surface area contributed by atoms with Crippen LogP contribution in [0.1, 0.15) is 62.3 Å². The van der Waals surface area contributed by atoms with Gasteiger partial charge in [0, 0.05) is 37.0 Å². The molecule has 0 spiro atoms. The summed E-state index contributed by atoms with van der Waals surface area (Å²) in [6.45, 7) is 8.52. The van der Waals surface area contributed by atoms with Gasteiger partial charge in [0.1, 0.15) is 5.75 Å². The molecule has 1 saturated carbocycles. The predicted octanol–water partition coefficient (Wildman–Crippen LogP) is 3.10. The first-order valence-corrected chi connectivity index (χ1v) is 10.2. The lowest BCUT2D eigenvalue weighted by Crippen LogP contribution is -2.45. The van der Waals surface area contributed by atoms with Gasteiger partial charge < -0.3 is 20.5 Å². The Morgan fingerprint density at radius 1 is 1.26 bits per heavy atom. The number of methoxy groups -OCH3 is 1. The first kappa shape index (κ1) is 21.5. The molecule has 0 amide bonds. The molecule has 0 radical (unpaired) electrons. The molecule has 0 saturated heterocycles. The van der Waals surface area contributed by atoms with Gasteiger partial charge in [-0.25, -0.2) is 4.99 Å². The highest BCUT2D eigenvalue weighted by Crippen LogP contribution is 2.38. The Morgan fingerprint density at radius 2 is 2.00 bits per heavy atom. The molecule has 6 nitrogen and oxygen atoms in total. The van der Waals surface area contributed by atoms with Crippen molar-refractivity contribution in [3.8, 4) is 5.75 Å². The molecule has 1 fully saturated rings. The molecule has 0 aliphatic heterocycles. The van der Waals surface area contributed by atoms with Crippen LogP contribution in [0.5, 0.6) is 5.75 Å². The quantitative estimate of drug-likeness (QED) is 0.480. The van der Waals surface area contributed by atoms with Crippen molar-refractivity contribution in [2.75, 3.05) is 26.8 Å². The maximum absolute atomic E-state index is 9.51. The topological polar surface area (TPSA) is 78.8 Å². The van der Waals surface area contributed by atoms with E-state index in [-0.39, 0.29) is 12.0 Å². The minimum Gasteiger partial charge on any atom is -0.496 e. The molecule has 3 N–H and O–H groups in total. The van der Waals surface area contributed by atoms with Crippen LogP contribution in [0.3, 0.4) is 0 Å². The number of nitrogens with zero attached hydrogens (tertiary/aromatic N) is 2. The van der Waals surface area contributed by atoms with E-state index >= 15 is 0 Å². The van der Waals surface area contributed by atoms with Gasteiger partial charge in [0.05, 0.1) is 19.3 Å². The number of ether oxygens (including phenoxy) is 1. The second kappa shape index (κ2) is 10.5. The van der Waals surface area contributed by atoms with E-state index in [1.54, 1.807) is 7.11 Å². The van der Waals surface area contributed by atoms with Crippen LogP contribution >= 0.6 is 0 Å². The second-order valence-electron chi connectivity index (χ2n) is 7.63. The summed E-state index contributed by atoms with van der Waals surface area (Å²) in [4.78, 5) is 9.27. The van der Waals surface area contributed by atoms with Gasteiger partial charge >= 0.3 is 0 Å². The van der Waals surface area contributed by atoms with Crippen molar-refractivity contribution in [3.63, 3.8) is 0 Å². The van der Waals surface area contributed by atoms with E-state index in [1.165, 1.54) is 32.1 Å².